The minimum atomic E-state index is -0.790. The molecule has 0 aliphatic carbocycles. The monoisotopic (exact) mass is 933 g/mol. The predicted octanol–water partition coefficient (Wildman–Crippen LogP) is 18.8. The molecule has 0 aliphatic rings. The Morgan fingerprint density at radius 2 is 0.642 bits per heavy atom. The molecule has 0 fully saturated rings. The average molecular weight is 933 g/mol. The van der Waals surface area contributed by atoms with Crippen molar-refractivity contribution in [2.45, 2.75) is 271 Å². The summed E-state index contributed by atoms with van der Waals surface area (Å²) < 4.78 is 16.8. The number of unbranched alkanes of at least 4 members (excludes halogenated alkanes) is 28. The summed E-state index contributed by atoms with van der Waals surface area (Å²) >= 11 is 0. The molecule has 384 valence electrons. The first kappa shape index (κ1) is 63.6. The van der Waals surface area contributed by atoms with Crippen molar-refractivity contribution in [3.8, 4) is 0 Å². The minimum Gasteiger partial charge on any atom is -0.462 e. The van der Waals surface area contributed by atoms with Crippen LogP contribution in [0.2, 0.25) is 0 Å². The Morgan fingerprint density at radius 3 is 1.07 bits per heavy atom. The van der Waals surface area contributed by atoms with Crippen LogP contribution in [0.25, 0.3) is 0 Å². The fourth-order valence-electron chi connectivity index (χ4n) is 7.76. The van der Waals surface area contributed by atoms with Crippen molar-refractivity contribution in [1.29, 1.82) is 0 Å². The molecule has 0 spiro atoms. The lowest BCUT2D eigenvalue weighted by molar-refractivity contribution is -0.167. The zero-order valence-corrected chi connectivity index (χ0v) is 43.9. The Morgan fingerprint density at radius 1 is 0.328 bits per heavy atom. The minimum absolute atomic E-state index is 0.0863. The Balaban J connectivity index is 4.41. The first-order valence-corrected chi connectivity index (χ1v) is 28.1. The van der Waals surface area contributed by atoms with Crippen LogP contribution in [0.1, 0.15) is 265 Å². The summed E-state index contributed by atoms with van der Waals surface area (Å²) in [5.74, 6) is -0.910. The molecule has 0 aliphatic heterocycles. The fraction of sp³-hybridized carbons (Fsp3) is 0.721. The molecule has 0 heterocycles. The number of ether oxygens (including phenoxy) is 3. The highest BCUT2D eigenvalue weighted by Gasteiger charge is 2.19. The molecule has 0 saturated carbocycles. The second-order valence-electron chi connectivity index (χ2n) is 18.6. The van der Waals surface area contributed by atoms with Crippen molar-refractivity contribution in [3.05, 3.63) is 85.1 Å². The highest BCUT2D eigenvalue weighted by atomic mass is 16.6. The molecule has 0 aromatic carbocycles. The van der Waals surface area contributed by atoms with Gasteiger partial charge in [-0.15, -0.1) is 0 Å². The van der Waals surface area contributed by atoms with Gasteiger partial charge in [0.2, 0.25) is 0 Å². The third kappa shape index (κ3) is 53.4. The zero-order chi connectivity index (χ0) is 48.6. The Labute approximate surface area is 414 Å². The number of esters is 3. The summed E-state index contributed by atoms with van der Waals surface area (Å²) in [6.07, 6.45) is 71.3. The summed E-state index contributed by atoms with van der Waals surface area (Å²) in [6, 6.07) is 0. The standard InChI is InChI=1S/C61H104O6/c1-4-7-10-13-16-19-22-25-27-29-31-33-34-36-39-42-45-48-51-54-60(63)66-57-58(56-65-59(62)53-50-47-44-41-38-24-21-18-15-12-9-6-3)67-61(64)55-52-49-46-43-40-37-35-32-30-28-26-23-20-17-14-11-8-5-2/h7,10,16-17,19-20,23,25-28,30,32,35,58H,4-6,8-9,11-15,18,21-22,24,29,31,33-34,36-57H2,1-3H3/b10-7-,19-16-,20-17-,26-23-,27-25-,30-28-,35-32-. The molecule has 0 amide bonds. The number of carbonyl (C=O) groups is 3. The van der Waals surface area contributed by atoms with E-state index in [2.05, 4.69) is 106 Å². The molecule has 0 aromatic heterocycles. The van der Waals surface area contributed by atoms with Gasteiger partial charge in [0, 0.05) is 19.3 Å². The van der Waals surface area contributed by atoms with E-state index in [1.807, 2.05) is 0 Å². The third-order valence-corrected chi connectivity index (χ3v) is 12.0. The summed E-state index contributed by atoms with van der Waals surface area (Å²) in [5.41, 5.74) is 0. The van der Waals surface area contributed by atoms with E-state index in [1.54, 1.807) is 0 Å². The number of hydrogen-bond acceptors (Lipinski definition) is 6. The third-order valence-electron chi connectivity index (χ3n) is 12.0. The van der Waals surface area contributed by atoms with Gasteiger partial charge in [-0.3, -0.25) is 14.4 Å². The van der Waals surface area contributed by atoms with Crippen molar-refractivity contribution >= 4 is 17.9 Å². The van der Waals surface area contributed by atoms with Gasteiger partial charge in [0.05, 0.1) is 0 Å². The van der Waals surface area contributed by atoms with Crippen LogP contribution in [0, 0.1) is 0 Å². The van der Waals surface area contributed by atoms with E-state index < -0.39 is 6.10 Å². The highest BCUT2D eigenvalue weighted by Crippen LogP contribution is 2.15. The fourth-order valence-corrected chi connectivity index (χ4v) is 7.76. The van der Waals surface area contributed by atoms with Gasteiger partial charge in [-0.05, 0) is 77.0 Å². The van der Waals surface area contributed by atoms with Crippen molar-refractivity contribution in [3.63, 3.8) is 0 Å². The largest absolute Gasteiger partial charge is 0.462 e. The van der Waals surface area contributed by atoms with Crippen molar-refractivity contribution in [2.75, 3.05) is 13.2 Å². The number of hydrogen-bond donors (Lipinski definition) is 0. The predicted molar refractivity (Wildman–Crippen MR) is 288 cm³/mol. The van der Waals surface area contributed by atoms with Gasteiger partial charge in [0.25, 0.3) is 0 Å². The van der Waals surface area contributed by atoms with Crippen LogP contribution in [0.3, 0.4) is 0 Å². The molecule has 6 heteroatoms. The molecule has 0 rings (SSSR count). The average Bonchev–Trinajstić information content (AvgIpc) is 3.33. The van der Waals surface area contributed by atoms with Crippen molar-refractivity contribution in [2.24, 2.45) is 0 Å². The first-order chi connectivity index (χ1) is 33.0. The van der Waals surface area contributed by atoms with E-state index in [0.717, 1.165) is 103 Å². The zero-order valence-electron chi connectivity index (χ0n) is 43.9. The van der Waals surface area contributed by atoms with Crippen LogP contribution < -0.4 is 0 Å². The van der Waals surface area contributed by atoms with Crippen molar-refractivity contribution in [1.82, 2.24) is 0 Å². The maximum absolute atomic E-state index is 12.8. The molecule has 1 atom stereocenters. The molecule has 0 N–H and O–H groups in total. The molecule has 0 radical (unpaired) electrons. The van der Waals surface area contributed by atoms with Crippen molar-refractivity contribution < 1.29 is 28.6 Å². The van der Waals surface area contributed by atoms with E-state index >= 15 is 0 Å². The van der Waals surface area contributed by atoms with Gasteiger partial charge in [0.1, 0.15) is 13.2 Å². The van der Waals surface area contributed by atoms with Gasteiger partial charge >= 0.3 is 17.9 Å². The molecular formula is C61H104O6. The topological polar surface area (TPSA) is 78.9 Å². The van der Waals surface area contributed by atoms with E-state index in [0.29, 0.717) is 19.3 Å². The Bertz CT molecular complexity index is 1300. The SMILES string of the molecule is CC/C=C\C/C=C\C/C=C\CCCCCCCCCCCC(=O)OCC(COC(=O)CCCCCCCCCCCCCC)OC(=O)CCCCCCC\C=C/C=C\C=C/C=C\CCCCC. The number of carbonyl (C=O) groups excluding carboxylic acids is 3. The summed E-state index contributed by atoms with van der Waals surface area (Å²) in [4.78, 5) is 38.1. The molecular weight excluding hydrogens is 829 g/mol. The van der Waals surface area contributed by atoms with E-state index in [9.17, 15) is 14.4 Å². The molecule has 0 aromatic rings. The lowest BCUT2D eigenvalue weighted by Crippen LogP contribution is -2.30. The second-order valence-corrected chi connectivity index (χ2v) is 18.6. The van der Waals surface area contributed by atoms with Crippen LogP contribution in [0.4, 0.5) is 0 Å². The van der Waals surface area contributed by atoms with E-state index in [1.165, 1.54) is 122 Å². The maximum Gasteiger partial charge on any atom is 0.306 e. The normalized spacial score (nSPS) is 12.7. The molecule has 0 bridgehead atoms. The molecule has 0 saturated heterocycles. The summed E-state index contributed by atoms with van der Waals surface area (Å²) in [6.45, 7) is 6.48. The maximum atomic E-state index is 12.8. The molecule has 6 nitrogen and oxygen atoms in total. The lowest BCUT2D eigenvalue weighted by atomic mass is 10.0. The summed E-state index contributed by atoms with van der Waals surface area (Å²) in [5, 5.41) is 0. The smallest absolute Gasteiger partial charge is 0.306 e. The van der Waals surface area contributed by atoms with E-state index in [-0.39, 0.29) is 31.1 Å². The lowest BCUT2D eigenvalue weighted by Gasteiger charge is -2.18. The van der Waals surface area contributed by atoms with Gasteiger partial charge < -0.3 is 14.2 Å². The van der Waals surface area contributed by atoms with Gasteiger partial charge in [-0.2, -0.15) is 0 Å². The van der Waals surface area contributed by atoms with Crippen LogP contribution in [0.15, 0.2) is 85.1 Å². The quantitative estimate of drug-likeness (QED) is 0.0199. The highest BCUT2D eigenvalue weighted by molar-refractivity contribution is 5.71. The van der Waals surface area contributed by atoms with Gasteiger partial charge in [-0.1, -0.05) is 254 Å². The summed E-state index contributed by atoms with van der Waals surface area (Å²) in [7, 11) is 0. The molecule has 1 unspecified atom stereocenters. The Hall–Kier alpha value is -3.41. The van der Waals surface area contributed by atoms with Gasteiger partial charge in [-0.25, -0.2) is 0 Å². The van der Waals surface area contributed by atoms with Gasteiger partial charge in [0.15, 0.2) is 6.10 Å². The van der Waals surface area contributed by atoms with Crippen LogP contribution in [-0.4, -0.2) is 37.2 Å². The van der Waals surface area contributed by atoms with Crippen LogP contribution in [0.5, 0.6) is 0 Å². The molecule has 67 heavy (non-hydrogen) atoms. The first-order valence-electron chi connectivity index (χ1n) is 28.1. The number of allylic oxidation sites excluding steroid dienone is 14. The van der Waals surface area contributed by atoms with E-state index in [4.69, 9.17) is 14.2 Å². The second kappa shape index (κ2) is 55.2. The number of rotatable bonds is 50. The van der Waals surface area contributed by atoms with Crippen LogP contribution in [-0.2, 0) is 28.6 Å². The van der Waals surface area contributed by atoms with Crippen LogP contribution >= 0.6 is 0 Å². The Kier molecular flexibility index (Phi) is 52.4.